The molecule has 7 heteroatoms. The van der Waals surface area contributed by atoms with Crippen molar-refractivity contribution in [3.8, 4) is 5.75 Å². The largest absolute Gasteiger partial charge is 0.495 e. The van der Waals surface area contributed by atoms with Crippen molar-refractivity contribution in [2.75, 3.05) is 38.2 Å². The maximum atomic E-state index is 13.1. The number of hydrogen-bond acceptors (Lipinski definition) is 4. The van der Waals surface area contributed by atoms with Crippen LogP contribution in [-0.2, 0) is 16.4 Å². The van der Waals surface area contributed by atoms with Crippen molar-refractivity contribution in [2.24, 2.45) is 0 Å². The molecule has 0 bridgehead atoms. The van der Waals surface area contributed by atoms with Gasteiger partial charge in [-0.2, -0.15) is 4.31 Å². The first kappa shape index (κ1) is 19.0. The fourth-order valence-electron chi connectivity index (χ4n) is 3.28. The monoisotopic (exact) mass is 394 g/mol. The number of anilines is 1. The van der Waals surface area contributed by atoms with Gasteiger partial charge in [0.1, 0.15) is 10.6 Å². The second kappa shape index (κ2) is 7.86. The fraction of sp³-hybridized carbons (Fsp3) is 0.368. The Morgan fingerprint density at radius 3 is 2.42 bits per heavy atom. The Morgan fingerprint density at radius 2 is 1.77 bits per heavy atom. The Labute approximate surface area is 160 Å². The second-order valence-corrected chi connectivity index (χ2v) is 8.51. The molecule has 5 nitrogen and oxygen atoms in total. The first-order valence-corrected chi connectivity index (χ1v) is 10.5. The Hall–Kier alpha value is -1.76. The highest BCUT2D eigenvalue weighted by atomic mass is 35.5. The quantitative estimate of drug-likeness (QED) is 0.779. The van der Waals surface area contributed by atoms with Gasteiger partial charge in [0.25, 0.3) is 0 Å². The lowest BCUT2D eigenvalue weighted by Crippen LogP contribution is -2.49. The zero-order valence-electron chi connectivity index (χ0n) is 15.0. The summed E-state index contributed by atoms with van der Waals surface area (Å²) < 4.78 is 32.8. The van der Waals surface area contributed by atoms with Gasteiger partial charge in [0.2, 0.25) is 10.0 Å². The van der Waals surface area contributed by atoms with E-state index in [1.807, 2.05) is 12.1 Å². The number of para-hydroxylation sites is 1. The van der Waals surface area contributed by atoms with Gasteiger partial charge in [0.15, 0.2) is 0 Å². The number of nitrogens with zero attached hydrogens (tertiary/aromatic N) is 2. The number of halogens is 1. The lowest BCUT2D eigenvalue weighted by molar-refractivity contribution is 0.374. The van der Waals surface area contributed by atoms with Crippen molar-refractivity contribution >= 4 is 27.3 Å². The maximum absolute atomic E-state index is 13.1. The van der Waals surface area contributed by atoms with Crippen LogP contribution in [0.25, 0.3) is 0 Å². The average molecular weight is 395 g/mol. The lowest BCUT2D eigenvalue weighted by atomic mass is 10.1. The van der Waals surface area contributed by atoms with Gasteiger partial charge in [0, 0.05) is 36.9 Å². The lowest BCUT2D eigenvalue weighted by Gasteiger charge is -2.36. The molecule has 0 atom stereocenters. The molecule has 1 aliphatic heterocycles. The number of ether oxygens (including phenoxy) is 1. The molecule has 140 valence electrons. The standard InChI is InChI=1S/C19H23ClN2O3S/c1-3-15-6-4-5-7-17(15)21-10-12-22(13-11-21)26(23,24)19-14-16(20)8-9-18(19)25-2/h4-9,14H,3,10-13H2,1-2H3. The van der Waals surface area contributed by atoms with Gasteiger partial charge in [-0.3, -0.25) is 0 Å². The Kier molecular flexibility index (Phi) is 5.75. The van der Waals surface area contributed by atoms with E-state index in [1.165, 1.54) is 28.7 Å². The number of sulfonamides is 1. The molecular formula is C19H23ClN2O3S. The summed E-state index contributed by atoms with van der Waals surface area (Å²) in [5, 5.41) is 0.375. The minimum absolute atomic E-state index is 0.120. The Balaban J connectivity index is 1.80. The van der Waals surface area contributed by atoms with Crippen molar-refractivity contribution in [3.05, 3.63) is 53.1 Å². The fourth-order valence-corrected chi connectivity index (χ4v) is 5.12. The molecule has 1 saturated heterocycles. The predicted molar refractivity (Wildman–Crippen MR) is 105 cm³/mol. The number of rotatable bonds is 5. The maximum Gasteiger partial charge on any atom is 0.246 e. The highest BCUT2D eigenvalue weighted by Crippen LogP contribution is 2.31. The minimum atomic E-state index is -3.65. The van der Waals surface area contributed by atoms with Gasteiger partial charge in [-0.05, 0) is 36.2 Å². The molecule has 0 radical (unpaired) electrons. The molecule has 1 aliphatic rings. The van der Waals surface area contributed by atoms with E-state index in [1.54, 1.807) is 12.1 Å². The van der Waals surface area contributed by atoms with E-state index in [0.29, 0.717) is 37.0 Å². The summed E-state index contributed by atoms with van der Waals surface area (Å²) in [5.41, 5.74) is 2.47. The van der Waals surface area contributed by atoms with Crippen molar-refractivity contribution in [3.63, 3.8) is 0 Å². The van der Waals surface area contributed by atoms with Crippen LogP contribution in [0.1, 0.15) is 12.5 Å². The van der Waals surface area contributed by atoms with Crippen molar-refractivity contribution < 1.29 is 13.2 Å². The molecule has 0 N–H and O–H groups in total. The van der Waals surface area contributed by atoms with Gasteiger partial charge < -0.3 is 9.64 Å². The number of methoxy groups -OCH3 is 1. The summed E-state index contributed by atoms with van der Waals surface area (Å²) in [6, 6.07) is 12.9. The van der Waals surface area contributed by atoms with Crippen LogP contribution in [0.2, 0.25) is 5.02 Å². The Morgan fingerprint density at radius 1 is 1.08 bits per heavy atom. The van der Waals surface area contributed by atoms with Crippen molar-refractivity contribution in [2.45, 2.75) is 18.2 Å². The highest BCUT2D eigenvalue weighted by Gasteiger charge is 2.31. The summed E-state index contributed by atoms with van der Waals surface area (Å²) >= 11 is 6.01. The first-order chi connectivity index (χ1) is 12.5. The molecule has 1 fully saturated rings. The smallest absolute Gasteiger partial charge is 0.246 e. The van der Waals surface area contributed by atoms with E-state index < -0.39 is 10.0 Å². The van der Waals surface area contributed by atoms with E-state index >= 15 is 0 Å². The molecule has 0 aliphatic carbocycles. The molecule has 0 spiro atoms. The molecule has 2 aromatic carbocycles. The number of hydrogen-bond donors (Lipinski definition) is 0. The number of aryl methyl sites for hydroxylation is 1. The van der Waals surface area contributed by atoms with E-state index in [-0.39, 0.29) is 4.90 Å². The topological polar surface area (TPSA) is 49.9 Å². The highest BCUT2D eigenvalue weighted by molar-refractivity contribution is 7.89. The van der Waals surface area contributed by atoms with Crippen LogP contribution in [0, 0.1) is 0 Å². The van der Waals surface area contributed by atoms with E-state index in [4.69, 9.17) is 16.3 Å². The second-order valence-electron chi connectivity index (χ2n) is 6.17. The molecule has 2 aromatic rings. The third-order valence-corrected chi connectivity index (χ3v) is 6.85. The zero-order chi connectivity index (χ0) is 18.7. The molecule has 0 unspecified atom stereocenters. The van der Waals surface area contributed by atoms with Crippen LogP contribution in [0.4, 0.5) is 5.69 Å². The summed E-state index contributed by atoms with van der Waals surface area (Å²) in [6.07, 6.45) is 0.953. The third kappa shape index (κ3) is 3.68. The molecule has 0 saturated carbocycles. The van der Waals surface area contributed by atoms with Gasteiger partial charge in [0.05, 0.1) is 7.11 Å². The van der Waals surface area contributed by atoms with Crippen molar-refractivity contribution in [1.29, 1.82) is 0 Å². The zero-order valence-corrected chi connectivity index (χ0v) is 16.6. The molecule has 0 aromatic heterocycles. The Bertz CT molecular complexity index is 878. The van der Waals surface area contributed by atoms with Gasteiger partial charge in [-0.25, -0.2) is 8.42 Å². The van der Waals surface area contributed by atoms with Crippen LogP contribution in [0.5, 0.6) is 5.75 Å². The molecule has 1 heterocycles. The normalized spacial score (nSPS) is 15.9. The number of benzene rings is 2. The summed E-state index contributed by atoms with van der Waals surface area (Å²) in [6.45, 7) is 4.29. The van der Waals surface area contributed by atoms with Crippen LogP contribution < -0.4 is 9.64 Å². The van der Waals surface area contributed by atoms with Gasteiger partial charge in [-0.1, -0.05) is 36.7 Å². The molecular weight excluding hydrogens is 372 g/mol. The van der Waals surface area contributed by atoms with Crippen LogP contribution in [0.3, 0.4) is 0 Å². The summed E-state index contributed by atoms with van der Waals surface area (Å²) in [4.78, 5) is 2.37. The van der Waals surface area contributed by atoms with E-state index in [9.17, 15) is 8.42 Å². The molecule has 3 rings (SSSR count). The summed E-state index contributed by atoms with van der Waals surface area (Å²) in [7, 11) is -2.19. The SMILES string of the molecule is CCc1ccccc1N1CCN(S(=O)(=O)c2cc(Cl)ccc2OC)CC1. The van der Waals surface area contributed by atoms with Crippen LogP contribution in [-0.4, -0.2) is 46.0 Å². The van der Waals surface area contributed by atoms with Crippen LogP contribution >= 0.6 is 11.6 Å². The van der Waals surface area contributed by atoms with Crippen molar-refractivity contribution in [1.82, 2.24) is 4.31 Å². The average Bonchev–Trinajstić information content (AvgIpc) is 2.68. The molecule has 0 amide bonds. The minimum Gasteiger partial charge on any atom is -0.495 e. The van der Waals surface area contributed by atoms with E-state index in [2.05, 4.69) is 24.0 Å². The van der Waals surface area contributed by atoms with Crippen LogP contribution in [0.15, 0.2) is 47.4 Å². The molecule has 26 heavy (non-hydrogen) atoms. The van der Waals surface area contributed by atoms with E-state index in [0.717, 1.165) is 6.42 Å². The van der Waals surface area contributed by atoms with Gasteiger partial charge >= 0.3 is 0 Å². The predicted octanol–water partition coefficient (Wildman–Crippen LogP) is 3.42. The third-order valence-electron chi connectivity index (χ3n) is 4.70. The first-order valence-electron chi connectivity index (χ1n) is 8.64. The summed E-state index contributed by atoms with van der Waals surface area (Å²) in [5.74, 6) is 0.313. The number of piperazine rings is 1. The van der Waals surface area contributed by atoms with Gasteiger partial charge in [-0.15, -0.1) is 0 Å².